The van der Waals surface area contributed by atoms with Gasteiger partial charge in [-0.2, -0.15) is 0 Å². The van der Waals surface area contributed by atoms with Crippen molar-refractivity contribution >= 4 is 28.8 Å². The van der Waals surface area contributed by atoms with Gasteiger partial charge in [-0.25, -0.2) is 4.79 Å². The van der Waals surface area contributed by atoms with Gasteiger partial charge in [0.15, 0.2) is 5.78 Å². The van der Waals surface area contributed by atoms with Gasteiger partial charge in [0, 0.05) is 18.5 Å². The molecule has 2 heterocycles. The van der Waals surface area contributed by atoms with Crippen LogP contribution in [0, 0.1) is 6.92 Å². The Labute approximate surface area is 127 Å². The van der Waals surface area contributed by atoms with Crippen molar-refractivity contribution in [3.8, 4) is 0 Å². The molecule has 1 aliphatic heterocycles. The third-order valence-corrected chi connectivity index (χ3v) is 4.61. The lowest BCUT2D eigenvalue weighted by Gasteiger charge is -2.34. The van der Waals surface area contributed by atoms with Gasteiger partial charge in [0.25, 0.3) is 0 Å². The number of nitrogens with zero attached hydrogens (tertiary/aromatic N) is 2. The second kappa shape index (κ2) is 5.33. The number of ketones is 1. The SMILES string of the molecule is Cc1ccc(C(=O)CN2C(=O)N(C)Cc3ccccc32)s1. The minimum Gasteiger partial charge on any atom is -0.323 e. The second-order valence-electron chi connectivity index (χ2n) is 5.19. The molecule has 2 amide bonds. The Morgan fingerprint density at radius 1 is 1.24 bits per heavy atom. The van der Waals surface area contributed by atoms with Crippen molar-refractivity contribution in [3.05, 3.63) is 51.7 Å². The molecule has 0 saturated carbocycles. The first-order chi connectivity index (χ1) is 10.1. The number of para-hydroxylation sites is 1. The number of fused-ring (bicyclic) bond motifs is 1. The van der Waals surface area contributed by atoms with Crippen molar-refractivity contribution in [1.82, 2.24) is 4.90 Å². The first-order valence-corrected chi connectivity index (χ1v) is 7.58. The van der Waals surface area contributed by atoms with E-state index >= 15 is 0 Å². The van der Waals surface area contributed by atoms with Crippen LogP contribution in [0.15, 0.2) is 36.4 Å². The average molecular weight is 300 g/mol. The fraction of sp³-hybridized carbons (Fsp3) is 0.250. The Morgan fingerprint density at radius 3 is 2.71 bits per heavy atom. The van der Waals surface area contributed by atoms with Crippen LogP contribution in [0.4, 0.5) is 10.5 Å². The highest BCUT2D eigenvalue weighted by molar-refractivity contribution is 7.14. The van der Waals surface area contributed by atoms with Crippen molar-refractivity contribution in [3.63, 3.8) is 0 Å². The summed E-state index contributed by atoms with van der Waals surface area (Å²) in [5, 5.41) is 0. The lowest BCUT2D eigenvalue weighted by atomic mass is 10.1. The van der Waals surface area contributed by atoms with Gasteiger partial charge in [-0.1, -0.05) is 18.2 Å². The Kier molecular flexibility index (Phi) is 3.51. The fourth-order valence-corrected chi connectivity index (χ4v) is 3.30. The van der Waals surface area contributed by atoms with Gasteiger partial charge in [0.2, 0.25) is 0 Å². The van der Waals surface area contributed by atoms with Crippen LogP contribution in [0.3, 0.4) is 0 Å². The maximum absolute atomic E-state index is 12.4. The summed E-state index contributed by atoms with van der Waals surface area (Å²) in [7, 11) is 1.75. The number of carbonyl (C=O) groups is 2. The molecule has 2 aromatic rings. The molecule has 0 atom stereocenters. The molecule has 0 spiro atoms. The summed E-state index contributed by atoms with van der Waals surface area (Å²) < 4.78 is 0. The summed E-state index contributed by atoms with van der Waals surface area (Å²) in [6.45, 7) is 2.63. The van der Waals surface area contributed by atoms with E-state index in [2.05, 4.69) is 0 Å². The summed E-state index contributed by atoms with van der Waals surface area (Å²) in [5.74, 6) is -0.0217. The zero-order valence-corrected chi connectivity index (χ0v) is 12.8. The molecular weight excluding hydrogens is 284 g/mol. The van der Waals surface area contributed by atoms with Crippen molar-refractivity contribution in [2.45, 2.75) is 13.5 Å². The molecule has 1 aromatic heterocycles. The normalized spacial score (nSPS) is 14.3. The number of benzene rings is 1. The van der Waals surface area contributed by atoms with Gasteiger partial charge < -0.3 is 4.90 Å². The third kappa shape index (κ3) is 2.56. The first kappa shape index (κ1) is 13.8. The van der Waals surface area contributed by atoms with E-state index in [4.69, 9.17) is 0 Å². The summed E-state index contributed by atoms with van der Waals surface area (Å²) >= 11 is 1.47. The standard InChI is InChI=1S/C16H16N2O2S/c1-11-7-8-15(21-11)14(19)10-18-13-6-4-3-5-12(13)9-17(2)16(18)20/h3-8H,9-10H2,1-2H3. The molecular formula is C16H16N2O2S. The largest absolute Gasteiger partial charge is 0.324 e. The fourth-order valence-electron chi connectivity index (χ4n) is 2.50. The number of thiophene rings is 1. The van der Waals surface area contributed by atoms with E-state index in [1.54, 1.807) is 16.8 Å². The molecule has 3 rings (SSSR count). The molecule has 0 unspecified atom stereocenters. The van der Waals surface area contributed by atoms with Crippen LogP contribution in [-0.4, -0.2) is 30.3 Å². The van der Waals surface area contributed by atoms with Crippen LogP contribution in [0.5, 0.6) is 0 Å². The van der Waals surface area contributed by atoms with Crippen LogP contribution in [-0.2, 0) is 6.54 Å². The first-order valence-electron chi connectivity index (χ1n) is 6.76. The van der Waals surface area contributed by atoms with Crippen molar-refractivity contribution < 1.29 is 9.59 Å². The third-order valence-electron chi connectivity index (χ3n) is 3.56. The molecule has 0 bridgehead atoms. The van der Waals surface area contributed by atoms with Crippen molar-refractivity contribution in [2.75, 3.05) is 18.5 Å². The molecule has 108 valence electrons. The number of aryl methyl sites for hydroxylation is 1. The molecule has 0 fully saturated rings. The van der Waals surface area contributed by atoms with Crippen LogP contribution in [0.2, 0.25) is 0 Å². The quantitative estimate of drug-likeness (QED) is 0.816. The van der Waals surface area contributed by atoms with E-state index in [1.807, 2.05) is 43.3 Å². The van der Waals surface area contributed by atoms with Crippen LogP contribution >= 0.6 is 11.3 Å². The zero-order chi connectivity index (χ0) is 15.0. The van der Waals surface area contributed by atoms with Crippen molar-refractivity contribution in [1.29, 1.82) is 0 Å². The molecule has 0 radical (unpaired) electrons. The van der Waals surface area contributed by atoms with Crippen molar-refractivity contribution in [2.24, 2.45) is 0 Å². The number of hydrogen-bond donors (Lipinski definition) is 0. The van der Waals surface area contributed by atoms with Gasteiger partial charge in [-0.3, -0.25) is 9.69 Å². The highest BCUT2D eigenvalue weighted by Gasteiger charge is 2.29. The Hall–Kier alpha value is -2.14. The van der Waals surface area contributed by atoms with E-state index in [1.165, 1.54) is 11.3 Å². The molecule has 21 heavy (non-hydrogen) atoms. The van der Waals surface area contributed by atoms with Gasteiger partial charge in [0.05, 0.1) is 17.1 Å². The predicted octanol–water partition coefficient (Wildman–Crippen LogP) is 3.31. The van der Waals surface area contributed by atoms with E-state index in [0.717, 1.165) is 16.1 Å². The molecule has 5 heteroatoms. The highest BCUT2D eigenvalue weighted by atomic mass is 32.1. The molecule has 1 aliphatic rings. The average Bonchev–Trinajstić information content (AvgIpc) is 2.90. The highest BCUT2D eigenvalue weighted by Crippen LogP contribution is 2.28. The van der Waals surface area contributed by atoms with E-state index in [0.29, 0.717) is 11.4 Å². The van der Waals surface area contributed by atoms with E-state index in [9.17, 15) is 9.59 Å². The maximum Gasteiger partial charge on any atom is 0.324 e. The minimum absolute atomic E-state index is 0.0217. The number of urea groups is 1. The molecule has 1 aromatic carbocycles. The smallest absolute Gasteiger partial charge is 0.323 e. The monoisotopic (exact) mass is 300 g/mol. The number of carbonyl (C=O) groups excluding carboxylic acids is 2. The Balaban J connectivity index is 1.90. The molecule has 4 nitrogen and oxygen atoms in total. The van der Waals surface area contributed by atoms with Gasteiger partial charge in [-0.15, -0.1) is 11.3 Å². The van der Waals surface area contributed by atoms with E-state index in [-0.39, 0.29) is 18.4 Å². The zero-order valence-electron chi connectivity index (χ0n) is 12.0. The predicted molar refractivity (Wildman–Crippen MR) is 84.0 cm³/mol. The lowest BCUT2D eigenvalue weighted by molar-refractivity contribution is 0.100. The number of hydrogen-bond acceptors (Lipinski definition) is 3. The Morgan fingerprint density at radius 2 is 2.00 bits per heavy atom. The summed E-state index contributed by atoms with van der Waals surface area (Å²) in [6, 6.07) is 11.4. The summed E-state index contributed by atoms with van der Waals surface area (Å²) in [6.07, 6.45) is 0. The van der Waals surface area contributed by atoms with Crippen LogP contribution in [0.1, 0.15) is 20.1 Å². The Bertz CT molecular complexity index is 708. The lowest BCUT2D eigenvalue weighted by Crippen LogP contribution is -2.47. The van der Waals surface area contributed by atoms with Gasteiger partial charge in [-0.05, 0) is 30.7 Å². The molecule has 0 N–H and O–H groups in total. The van der Waals surface area contributed by atoms with Gasteiger partial charge >= 0.3 is 6.03 Å². The topological polar surface area (TPSA) is 40.6 Å². The molecule has 0 saturated heterocycles. The summed E-state index contributed by atoms with van der Waals surface area (Å²) in [4.78, 5) is 29.7. The summed E-state index contributed by atoms with van der Waals surface area (Å²) in [5.41, 5.74) is 1.90. The number of anilines is 1. The molecule has 0 aliphatic carbocycles. The number of amides is 2. The number of rotatable bonds is 3. The minimum atomic E-state index is -0.129. The number of Topliss-reactive ketones (excluding diaryl/α,β-unsaturated/α-hetero) is 1. The van der Waals surface area contributed by atoms with E-state index < -0.39 is 0 Å². The second-order valence-corrected chi connectivity index (χ2v) is 6.47. The van der Waals surface area contributed by atoms with Crippen LogP contribution in [0.25, 0.3) is 0 Å². The maximum atomic E-state index is 12.4. The van der Waals surface area contributed by atoms with Crippen LogP contribution < -0.4 is 4.90 Å². The van der Waals surface area contributed by atoms with Gasteiger partial charge in [0.1, 0.15) is 0 Å².